The Kier molecular flexibility index (Phi) is 9.15. The molecule has 1 amide bonds. The van der Waals surface area contributed by atoms with Gasteiger partial charge >= 0.3 is 0 Å². The van der Waals surface area contributed by atoms with E-state index in [1.165, 1.54) is 19.3 Å². The van der Waals surface area contributed by atoms with Crippen LogP contribution >= 0.6 is 31.9 Å². The van der Waals surface area contributed by atoms with E-state index in [0.717, 1.165) is 26.7 Å². The van der Waals surface area contributed by atoms with Crippen molar-refractivity contribution in [3.05, 3.63) is 50.9 Å². The zero-order valence-corrected chi connectivity index (χ0v) is 18.9. The summed E-state index contributed by atoms with van der Waals surface area (Å²) in [6.07, 6.45) is 4.66. The summed E-state index contributed by atoms with van der Waals surface area (Å²) in [5.74, 6) is 1.21. The van der Waals surface area contributed by atoms with Gasteiger partial charge in [-0.25, -0.2) is 0 Å². The van der Waals surface area contributed by atoms with Crippen molar-refractivity contribution in [1.82, 2.24) is 0 Å². The van der Waals surface area contributed by atoms with Gasteiger partial charge in [0.15, 0.2) is 6.61 Å². The van der Waals surface area contributed by atoms with Gasteiger partial charge < -0.3 is 14.8 Å². The van der Waals surface area contributed by atoms with Crippen molar-refractivity contribution >= 4 is 43.5 Å². The number of unbranched alkanes of at least 4 members (excludes halogenated alkanes) is 3. The van der Waals surface area contributed by atoms with E-state index in [0.29, 0.717) is 18.0 Å². The Hall–Kier alpha value is -1.53. The van der Waals surface area contributed by atoms with Crippen LogP contribution in [0.15, 0.2) is 45.3 Å². The highest BCUT2D eigenvalue weighted by Crippen LogP contribution is 2.32. The van der Waals surface area contributed by atoms with E-state index in [1.807, 2.05) is 43.3 Å². The van der Waals surface area contributed by atoms with Gasteiger partial charge in [0.05, 0.1) is 11.1 Å². The summed E-state index contributed by atoms with van der Waals surface area (Å²) in [6, 6.07) is 11.3. The Balaban J connectivity index is 1.84. The Morgan fingerprint density at radius 3 is 2.63 bits per heavy atom. The van der Waals surface area contributed by atoms with Crippen molar-refractivity contribution in [3.63, 3.8) is 0 Å². The minimum absolute atomic E-state index is 0.0663. The molecule has 4 nitrogen and oxygen atoms in total. The van der Waals surface area contributed by atoms with Crippen molar-refractivity contribution in [2.75, 3.05) is 18.5 Å². The molecule has 146 valence electrons. The highest BCUT2D eigenvalue weighted by molar-refractivity contribution is 9.11. The molecule has 2 rings (SSSR count). The van der Waals surface area contributed by atoms with Gasteiger partial charge in [-0.1, -0.05) is 48.2 Å². The normalized spacial score (nSPS) is 10.5. The molecule has 0 radical (unpaired) electrons. The summed E-state index contributed by atoms with van der Waals surface area (Å²) in [5, 5.41) is 2.85. The van der Waals surface area contributed by atoms with Crippen molar-refractivity contribution in [2.24, 2.45) is 0 Å². The van der Waals surface area contributed by atoms with E-state index in [-0.39, 0.29) is 12.5 Å². The Bertz CT molecular complexity index is 742. The SMILES string of the molecule is CCCCCCOc1cccc(NC(=O)COc2c(C)cc(Br)cc2Br)c1. The first kappa shape index (κ1) is 21.8. The fraction of sp³-hybridized carbons (Fsp3) is 0.381. The predicted molar refractivity (Wildman–Crippen MR) is 117 cm³/mol. The van der Waals surface area contributed by atoms with Crippen molar-refractivity contribution in [3.8, 4) is 11.5 Å². The number of aryl methyl sites for hydroxylation is 1. The smallest absolute Gasteiger partial charge is 0.262 e. The van der Waals surface area contributed by atoms with E-state index in [9.17, 15) is 4.79 Å². The molecule has 0 aliphatic rings. The molecule has 0 saturated carbocycles. The lowest BCUT2D eigenvalue weighted by atomic mass is 10.2. The van der Waals surface area contributed by atoms with Gasteiger partial charge in [0, 0.05) is 16.2 Å². The van der Waals surface area contributed by atoms with E-state index >= 15 is 0 Å². The highest BCUT2D eigenvalue weighted by Gasteiger charge is 2.10. The Morgan fingerprint density at radius 2 is 1.89 bits per heavy atom. The molecule has 0 saturated heterocycles. The second kappa shape index (κ2) is 11.3. The van der Waals surface area contributed by atoms with Crippen LogP contribution in [0, 0.1) is 6.92 Å². The Morgan fingerprint density at radius 1 is 1.07 bits per heavy atom. The third-order valence-corrected chi connectivity index (χ3v) is 4.97. The van der Waals surface area contributed by atoms with Crippen LogP contribution in [0.25, 0.3) is 0 Å². The third kappa shape index (κ3) is 7.54. The van der Waals surface area contributed by atoms with Crippen molar-refractivity contribution in [2.45, 2.75) is 39.5 Å². The number of rotatable bonds is 10. The molecule has 0 spiro atoms. The molecule has 0 unspecified atom stereocenters. The fourth-order valence-electron chi connectivity index (χ4n) is 2.59. The summed E-state index contributed by atoms with van der Waals surface area (Å²) in [4.78, 5) is 12.2. The average molecular weight is 499 g/mol. The van der Waals surface area contributed by atoms with Crippen LogP contribution in [0.4, 0.5) is 5.69 Å². The topological polar surface area (TPSA) is 47.6 Å². The van der Waals surface area contributed by atoms with E-state index in [4.69, 9.17) is 9.47 Å². The molecule has 6 heteroatoms. The maximum Gasteiger partial charge on any atom is 0.262 e. The minimum Gasteiger partial charge on any atom is -0.494 e. The van der Waals surface area contributed by atoms with Gasteiger partial charge in [0.1, 0.15) is 11.5 Å². The molecule has 1 N–H and O–H groups in total. The molecule has 0 fully saturated rings. The van der Waals surface area contributed by atoms with E-state index < -0.39 is 0 Å². The maximum absolute atomic E-state index is 12.2. The molecular formula is C21H25Br2NO3. The van der Waals surface area contributed by atoms with Gasteiger partial charge in [-0.15, -0.1) is 0 Å². The summed E-state index contributed by atoms with van der Waals surface area (Å²) in [5.41, 5.74) is 1.64. The largest absolute Gasteiger partial charge is 0.494 e. The van der Waals surface area contributed by atoms with Crippen LogP contribution < -0.4 is 14.8 Å². The average Bonchev–Trinajstić information content (AvgIpc) is 2.61. The molecule has 27 heavy (non-hydrogen) atoms. The van der Waals surface area contributed by atoms with Gasteiger partial charge in [0.25, 0.3) is 5.91 Å². The number of amides is 1. The van der Waals surface area contributed by atoms with Gasteiger partial charge in [0.2, 0.25) is 0 Å². The highest BCUT2D eigenvalue weighted by atomic mass is 79.9. The summed E-state index contributed by atoms with van der Waals surface area (Å²) in [7, 11) is 0. The van der Waals surface area contributed by atoms with Crippen LogP contribution in [0.2, 0.25) is 0 Å². The molecule has 0 atom stereocenters. The first-order valence-electron chi connectivity index (χ1n) is 9.10. The zero-order valence-electron chi connectivity index (χ0n) is 15.7. The number of carbonyl (C=O) groups is 1. The molecule has 0 aromatic heterocycles. The van der Waals surface area contributed by atoms with Crippen LogP contribution in [0.5, 0.6) is 11.5 Å². The first-order valence-corrected chi connectivity index (χ1v) is 10.7. The zero-order chi connectivity index (χ0) is 19.6. The monoisotopic (exact) mass is 497 g/mol. The maximum atomic E-state index is 12.2. The number of benzene rings is 2. The lowest BCUT2D eigenvalue weighted by molar-refractivity contribution is -0.118. The molecule has 2 aromatic carbocycles. The van der Waals surface area contributed by atoms with Crippen LogP contribution in [0.3, 0.4) is 0 Å². The number of nitrogens with one attached hydrogen (secondary N) is 1. The number of carbonyl (C=O) groups excluding carboxylic acids is 1. The lowest BCUT2D eigenvalue weighted by Gasteiger charge is -2.12. The number of hydrogen-bond donors (Lipinski definition) is 1. The molecule has 0 aliphatic carbocycles. The number of ether oxygens (including phenoxy) is 2. The third-order valence-electron chi connectivity index (χ3n) is 3.93. The second-order valence-corrected chi connectivity index (χ2v) is 8.08. The predicted octanol–water partition coefficient (Wildman–Crippen LogP) is 6.50. The standard InChI is InChI=1S/C21H25Br2NO3/c1-3-4-5-6-10-26-18-9-7-8-17(13-18)24-20(25)14-27-21-15(2)11-16(22)12-19(21)23/h7-9,11-13H,3-6,10,14H2,1-2H3,(H,24,25). The molecular weight excluding hydrogens is 474 g/mol. The second-order valence-electron chi connectivity index (χ2n) is 6.31. The quantitative estimate of drug-likeness (QED) is 0.380. The van der Waals surface area contributed by atoms with E-state index in [2.05, 4.69) is 44.1 Å². The molecule has 0 aliphatic heterocycles. The molecule has 0 bridgehead atoms. The summed E-state index contributed by atoms with van der Waals surface area (Å²) in [6.45, 7) is 4.75. The van der Waals surface area contributed by atoms with Gasteiger partial charge in [-0.2, -0.15) is 0 Å². The van der Waals surface area contributed by atoms with Gasteiger partial charge in [-0.05, 0) is 59.1 Å². The minimum atomic E-state index is -0.218. The number of hydrogen-bond acceptors (Lipinski definition) is 3. The van der Waals surface area contributed by atoms with Crippen molar-refractivity contribution < 1.29 is 14.3 Å². The molecule has 2 aromatic rings. The Labute approximate surface area is 177 Å². The number of halogens is 2. The van der Waals surface area contributed by atoms with Crippen LogP contribution in [-0.2, 0) is 4.79 Å². The van der Waals surface area contributed by atoms with Gasteiger partial charge in [-0.3, -0.25) is 4.79 Å². The fourth-order valence-corrected chi connectivity index (χ4v) is 4.14. The van der Waals surface area contributed by atoms with Crippen molar-refractivity contribution in [1.29, 1.82) is 0 Å². The van der Waals surface area contributed by atoms with Crippen LogP contribution in [-0.4, -0.2) is 19.1 Å². The first-order chi connectivity index (χ1) is 13.0. The van der Waals surface area contributed by atoms with E-state index in [1.54, 1.807) is 0 Å². The summed E-state index contributed by atoms with van der Waals surface area (Å²) >= 11 is 6.89. The summed E-state index contributed by atoms with van der Waals surface area (Å²) < 4.78 is 13.2. The lowest BCUT2D eigenvalue weighted by Crippen LogP contribution is -2.20. The van der Waals surface area contributed by atoms with Crippen LogP contribution in [0.1, 0.15) is 38.2 Å². The number of anilines is 1. The molecule has 0 heterocycles.